The number of morpholine rings is 1. The molecule has 4 nitrogen and oxygen atoms in total. The molecule has 0 bridgehead atoms. The van der Waals surface area contributed by atoms with Crippen molar-refractivity contribution in [3.63, 3.8) is 0 Å². The number of nitrogens with zero attached hydrogens (tertiary/aromatic N) is 2. The number of amides is 1. The van der Waals surface area contributed by atoms with Gasteiger partial charge in [0.05, 0.1) is 19.2 Å². The van der Waals surface area contributed by atoms with Crippen molar-refractivity contribution in [2.45, 2.75) is 31.8 Å². The van der Waals surface area contributed by atoms with Gasteiger partial charge in [-0.15, -0.1) is 0 Å². The van der Waals surface area contributed by atoms with Gasteiger partial charge >= 0.3 is 0 Å². The molecule has 3 rings (SSSR count). The van der Waals surface area contributed by atoms with Crippen molar-refractivity contribution < 1.29 is 9.53 Å². The number of ether oxygens (including phenoxy) is 1. The van der Waals surface area contributed by atoms with Gasteiger partial charge in [-0.3, -0.25) is 4.79 Å². The summed E-state index contributed by atoms with van der Waals surface area (Å²) in [4.78, 5) is 14.2. The first-order valence-corrected chi connectivity index (χ1v) is 6.61. The average molecular weight is 234 g/mol. The number of nitriles is 1. The predicted molar refractivity (Wildman–Crippen MR) is 60.9 cm³/mol. The highest BCUT2D eigenvalue weighted by atomic mass is 16.5. The fraction of sp³-hybridized carbons (Fsp3) is 0.846. The lowest BCUT2D eigenvalue weighted by molar-refractivity contribution is -0.139. The van der Waals surface area contributed by atoms with Crippen LogP contribution < -0.4 is 0 Å². The molecule has 0 radical (unpaired) electrons. The summed E-state index contributed by atoms with van der Waals surface area (Å²) in [5.41, 5.74) is 0. The van der Waals surface area contributed by atoms with Gasteiger partial charge in [0.15, 0.2) is 6.10 Å². The van der Waals surface area contributed by atoms with Crippen LogP contribution in [0.2, 0.25) is 0 Å². The zero-order chi connectivity index (χ0) is 11.8. The molecule has 1 saturated heterocycles. The Morgan fingerprint density at radius 1 is 1.29 bits per heavy atom. The van der Waals surface area contributed by atoms with Crippen LogP contribution in [0.1, 0.15) is 25.7 Å². The van der Waals surface area contributed by atoms with Gasteiger partial charge in [0, 0.05) is 12.5 Å². The number of fused-ring (bicyclic) bond motifs is 1. The van der Waals surface area contributed by atoms with E-state index in [1.165, 1.54) is 25.7 Å². The predicted octanol–water partition coefficient (Wildman–Crippen LogP) is 1.17. The Morgan fingerprint density at radius 2 is 2.00 bits per heavy atom. The van der Waals surface area contributed by atoms with Crippen molar-refractivity contribution in [3.05, 3.63) is 0 Å². The minimum absolute atomic E-state index is 0.273. The quantitative estimate of drug-likeness (QED) is 0.684. The molecule has 3 unspecified atom stereocenters. The molecule has 3 aliphatic rings. The maximum atomic E-state index is 12.3. The molecule has 4 heteroatoms. The van der Waals surface area contributed by atoms with Gasteiger partial charge in [0.2, 0.25) is 5.91 Å². The van der Waals surface area contributed by atoms with Gasteiger partial charge in [-0.25, -0.2) is 0 Å². The second kappa shape index (κ2) is 4.30. The topological polar surface area (TPSA) is 53.3 Å². The molecule has 1 amide bonds. The van der Waals surface area contributed by atoms with E-state index in [0.29, 0.717) is 31.5 Å². The highest BCUT2D eigenvalue weighted by Crippen LogP contribution is 2.56. The van der Waals surface area contributed by atoms with Crippen molar-refractivity contribution in [3.8, 4) is 6.07 Å². The molecule has 0 aromatic heterocycles. The van der Waals surface area contributed by atoms with Crippen LogP contribution in [0.3, 0.4) is 0 Å². The van der Waals surface area contributed by atoms with Gasteiger partial charge in [0.1, 0.15) is 0 Å². The standard InChI is InChI=1S/C13H18N2O2/c14-7-9-8-15(5-6-17-9)13(16)12-10-3-1-2-4-11(10)12/h9-12H,1-6,8H2. The fourth-order valence-corrected chi connectivity index (χ4v) is 3.50. The summed E-state index contributed by atoms with van der Waals surface area (Å²) in [6.07, 6.45) is 4.61. The Bertz CT molecular complexity index is 351. The third-order valence-electron chi connectivity index (χ3n) is 4.46. The van der Waals surface area contributed by atoms with Crippen molar-refractivity contribution in [1.29, 1.82) is 5.26 Å². The third-order valence-corrected chi connectivity index (χ3v) is 4.46. The van der Waals surface area contributed by atoms with E-state index >= 15 is 0 Å². The van der Waals surface area contributed by atoms with E-state index in [-0.39, 0.29) is 11.8 Å². The van der Waals surface area contributed by atoms with Crippen LogP contribution in [0.4, 0.5) is 0 Å². The summed E-state index contributed by atoms with van der Waals surface area (Å²) < 4.78 is 5.27. The highest BCUT2D eigenvalue weighted by Gasteiger charge is 2.55. The lowest BCUT2D eigenvalue weighted by atomic mass is 10.0. The zero-order valence-corrected chi connectivity index (χ0v) is 9.97. The van der Waals surface area contributed by atoms with Crippen LogP contribution in [-0.2, 0) is 9.53 Å². The first-order valence-electron chi connectivity index (χ1n) is 6.61. The summed E-state index contributed by atoms with van der Waals surface area (Å²) in [6.45, 7) is 1.63. The van der Waals surface area contributed by atoms with Crippen molar-refractivity contribution in [2.75, 3.05) is 19.7 Å². The Hall–Kier alpha value is -1.08. The Morgan fingerprint density at radius 3 is 2.65 bits per heavy atom. The van der Waals surface area contributed by atoms with Crippen molar-refractivity contribution in [1.82, 2.24) is 4.90 Å². The monoisotopic (exact) mass is 234 g/mol. The minimum Gasteiger partial charge on any atom is -0.360 e. The maximum absolute atomic E-state index is 12.3. The van der Waals surface area contributed by atoms with E-state index in [1.807, 2.05) is 4.90 Å². The number of hydrogen-bond acceptors (Lipinski definition) is 3. The normalized spacial score (nSPS) is 40.3. The molecule has 92 valence electrons. The van der Waals surface area contributed by atoms with Gasteiger partial charge in [-0.1, -0.05) is 12.8 Å². The van der Waals surface area contributed by atoms with Crippen LogP contribution in [0.25, 0.3) is 0 Å². The molecular formula is C13H18N2O2. The first kappa shape index (κ1) is 11.0. The molecule has 0 N–H and O–H groups in total. The number of hydrogen-bond donors (Lipinski definition) is 0. The highest BCUT2D eigenvalue weighted by molar-refractivity contribution is 5.82. The van der Waals surface area contributed by atoms with E-state index in [4.69, 9.17) is 10.00 Å². The van der Waals surface area contributed by atoms with Crippen LogP contribution >= 0.6 is 0 Å². The second-order valence-electron chi connectivity index (χ2n) is 5.41. The second-order valence-corrected chi connectivity index (χ2v) is 5.41. The van der Waals surface area contributed by atoms with Gasteiger partial charge in [0.25, 0.3) is 0 Å². The summed E-state index contributed by atoms with van der Waals surface area (Å²) in [6, 6.07) is 2.09. The van der Waals surface area contributed by atoms with Gasteiger partial charge in [-0.2, -0.15) is 5.26 Å². The van der Waals surface area contributed by atoms with Gasteiger partial charge < -0.3 is 9.64 Å². The Labute approximate surface area is 102 Å². The molecule has 2 aliphatic carbocycles. The van der Waals surface area contributed by atoms with Crippen LogP contribution in [-0.4, -0.2) is 36.6 Å². The van der Waals surface area contributed by atoms with Crippen LogP contribution in [0.5, 0.6) is 0 Å². The van der Waals surface area contributed by atoms with E-state index < -0.39 is 6.10 Å². The van der Waals surface area contributed by atoms with E-state index in [0.717, 1.165) is 0 Å². The molecule has 3 fully saturated rings. The SMILES string of the molecule is N#CC1CN(C(=O)C2C3CCCCC32)CCO1. The fourth-order valence-electron chi connectivity index (χ4n) is 3.50. The molecule has 17 heavy (non-hydrogen) atoms. The summed E-state index contributed by atoms with van der Waals surface area (Å²) in [5, 5.41) is 8.84. The molecule has 0 aromatic carbocycles. The van der Waals surface area contributed by atoms with E-state index in [1.54, 1.807) is 0 Å². The molecule has 1 heterocycles. The number of carbonyl (C=O) groups is 1. The lowest BCUT2D eigenvalue weighted by Crippen LogP contribution is -2.46. The Balaban J connectivity index is 1.61. The molecule has 2 saturated carbocycles. The van der Waals surface area contributed by atoms with Crippen molar-refractivity contribution >= 4 is 5.91 Å². The summed E-state index contributed by atoms with van der Waals surface area (Å²) in [5.74, 6) is 1.86. The molecule has 0 aromatic rings. The first-order chi connectivity index (χ1) is 8.31. The summed E-state index contributed by atoms with van der Waals surface area (Å²) >= 11 is 0. The van der Waals surface area contributed by atoms with E-state index in [9.17, 15) is 4.79 Å². The van der Waals surface area contributed by atoms with E-state index in [2.05, 4.69) is 6.07 Å². The smallest absolute Gasteiger partial charge is 0.226 e. The minimum atomic E-state index is -0.423. The van der Waals surface area contributed by atoms with Crippen LogP contribution in [0.15, 0.2) is 0 Å². The number of carbonyl (C=O) groups excluding carboxylic acids is 1. The average Bonchev–Trinajstić information content (AvgIpc) is 3.12. The van der Waals surface area contributed by atoms with Crippen LogP contribution in [0, 0.1) is 29.1 Å². The molecule has 3 atom stereocenters. The summed E-state index contributed by atoms with van der Waals surface area (Å²) in [7, 11) is 0. The maximum Gasteiger partial charge on any atom is 0.226 e. The van der Waals surface area contributed by atoms with Gasteiger partial charge in [-0.05, 0) is 24.7 Å². The number of rotatable bonds is 1. The largest absolute Gasteiger partial charge is 0.360 e. The van der Waals surface area contributed by atoms with Crippen molar-refractivity contribution in [2.24, 2.45) is 17.8 Å². The Kier molecular flexibility index (Phi) is 2.79. The lowest BCUT2D eigenvalue weighted by Gasteiger charge is -2.30. The third kappa shape index (κ3) is 1.93. The molecule has 0 spiro atoms. The molecular weight excluding hydrogens is 216 g/mol. The molecule has 1 aliphatic heterocycles. The zero-order valence-electron chi connectivity index (χ0n) is 9.97.